The monoisotopic (exact) mass is 406 g/mol. The molecule has 0 unspecified atom stereocenters. The van der Waals surface area contributed by atoms with Gasteiger partial charge in [0.25, 0.3) is 5.91 Å². The number of carbonyl (C=O) groups is 1. The van der Waals surface area contributed by atoms with Crippen molar-refractivity contribution in [3.63, 3.8) is 0 Å². The number of hydrogen-bond donors (Lipinski definition) is 1. The van der Waals surface area contributed by atoms with E-state index in [0.29, 0.717) is 11.5 Å². The van der Waals surface area contributed by atoms with Gasteiger partial charge in [0.05, 0.1) is 37.3 Å². The molecule has 8 heteroatoms. The van der Waals surface area contributed by atoms with E-state index in [-0.39, 0.29) is 23.0 Å². The van der Waals surface area contributed by atoms with E-state index in [1.165, 1.54) is 33.4 Å². The molecule has 28 heavy (non-hydrogen) atoms. The van der Waals surface area contributed by atoms with Gasteiger partial charge in [-0.3, -0.25) is 9.10 Å². The summed E-state index contributed by atoms with van der Waals surface area (Å²) in [4.78, 5) is 13.0. The van der Waals surface area contributed by atoms with Crippen LogP contribution in [0, 0.1) is 0 Å². The van der Waals surface area contributed by atoms with Crippen LogP contribution in [0.25, 0.3) is 0 Å². The van der Waals surface area contributed by atoms with Gasteiger partial charge in [-0.15, -0.1) is 0 Å². The maximum atomic E-state index is 13.0. The van der Waals surface area contributed by atoms with Gasteiger partial charge in [-0.2, -0.15) is 0 Å². The van der Waals surface area contributed by atoms with Crippen LogP contribution in [0.15, 0.2) is 42.5 Å². The number of sulfonamides is 1. The Morgan fingerprint density at radius 2 is 1.68 bits per heavy atom. The molecule has 0 spiro atoms. The second-order valence-corrected chi connectivity index (χ2v) is 8.49. The van der Waals surface area contributed by atoms with Crippen molar-refractivity contribution >= 4 is 21.6 Å². The van der Waals surface area contributed by atoms with Gasteiger partial charge in [0.15, 0.2) is 11.5 Å². The fourth-order valence-corrected chi connectivity index (χ4v) is 3.59. The van der Waals surface area contributed by atoms with Crippen molar-refractivity contribution in [3.05, 3.63) is 53.6 Å². The molecule has 0 saturated heterocycles. The largest absolute Gasteiger partial charge is 0.493 e. The van der Waals surface area contributed by atoms with Crippen LogP contribution < -0.4 is 19.1 Å². The summed E-state index contributed by atoms with van der Waals surface area (Å²) < 4.78 is 36.5. The number of benzene rings is 2. The lowest BCUT2D eigenvalue weighted by molar-refractivity contribution is 0.0940. The summed E-state index contributed by atoms with van der Waals surface area (Å²) in [6, 6.07) is 12.2. The Labute approximate surface area is 166 Å². The van der Waals surface area contributed by atoms with Crippen LogP contribution in [-0.4, -0.2) is 41.3 Å². The highest BCUT2D eigenvalue weighted by Gasteiger charge is 2.25. The van der Waals surface area contributed by atoms with E-state index in [1.807, 2.05) is 37.3 Å². The van der Waals surface area contributed by atoms with Gasteiger partial charge in [0, 0.05) is 13.1 Å². The molecule has 7 nitrogen and oxygen atoms in total. The van der Waals surface area contributed by atoms with Gasteiger partial charge in [0.2, 0.25) is 10.0 Å². The number of ether oxygens (including phenoxy) is 2. The van der Waals surface area contributed by atoms with Crippen molar-refractivity contribution in [2.75, 3.05) is 31.3 Å². The number of rotatable bonds is 8. The molecule has 2 aromatic carbocycles. The molecule has 1 atom stereocenters. The summed E-state index contributed by atoms with van der Waals surface area (Å²) in [6.45, 7) is 3.41. The highest BCUT2D eigenvalue weighted by Crippen LogP contribution is 2.36. The Balaban J connectivity index is 2.49. The van der Waals surface area contributed by atoms with E-state index in [1.54, 1.807) is 6.92 Å². The van der Waals surface area contributed by atoms with Gasteiger partial charge in [-0.1, -0.05) is 30.3 Å². The molecule has 0 aliphatic carbocycles. The molecule has 0 aromatic heterocycles. The maximum absolute atomic E-state index is 13.0. The summed E-state index contributed by atoms with van der Waals surface area (Å²) in [6.07, 6.45) is 0. The molecule has 0 radical (unpaired) electrons. The van der Waals surface area contributed by atoms with Crippen LogP contribution in [0.1, 0.15) is 35.8 Å². The smallest absolute Gasteiger partial charge is 0.254 e. The lowest BCUT2D eigenvalue weighted by atomic mass is 10.1. The topological polar surface area (TPSA) is 84.9 Å². The van der Waals surface area contributed by atoms with E-state index < -0.39 is 15.9 Å². The van der Waals surface area contributed by atoms with Crippen LogP contribution in [0.2, 0.25) is 0 Å². The molecular weight excluding hydrogens is 380 g/mol. The SMILES string of the molecule is CCS(=O)(=O)N(C)c1cc(OC)c(OC)cc1C(=O)N[C@@H](C)c1ccccc1. The molecule has 0 bridgehead atoms. The van der Waals surface area contributed by atoms with E-state index in [0.717, 1.165) is 9.87 Å². The summed E-state index contributed by atoms with van der Waals surface area (Å²) in [5, 5.41) is 2.91. The fourth-order valence-electron chi connectivity index (χ4n) is 2.75. The number of methoxy groups -OCH3 is 2. The van der Waals surface area contributed by atoms with Crippen molar-refractivity contribution in [3.8, 4) is 11.5 Å². The minimum atomic E-state index is -3.58. The van der Waals surface area contributed by atoms with Gasteiger partial charge >= 0.3 is 0 Å². The molecule has 0 fully saturated rings. The Morgan fingerprint density at radius 1 is 1.11 bits per heavy atom. The molecule has 152 valence electrons. The molecular formula is C20H26N2O5S. The Bertz CT molecular complexity index is 929. The second-order valence-electron chi connectivity index (χ2n) is 6.20. The molecule has 0 aliphatic heterocycles. The van der Waals surface area contributed by atoms with Gasteiger partial charge < -0.3 is 14.8 Å². The molecule has 0 heterocycles. The Kier molecular flexibility index (Phi) is 6.90. The number of amides is 1. The predicted molar refractivity (Wildman–Crippen MR) is 110 cm³/mol. The molecule has 0 saturated carbocycles. The highest BCUT2D eigenvalue weighted by molar-refractivity contribution is 7.92. The third kappa shape index (κ3) is 4.56. The number of nitrogens with zero attached hydrogens (tertiary/aromatic N) is 1. The normalized spacial score (nSPS) is 12.2. The Hall–Kier alpha value is -2.74. The van der Waals surface area contributed by atoms with Gasteiger partial charge in [-0.25, -0.2) is 8.42 Å². The highest BCUT2D eigenvalue weighted by atomic mass is 32.2. The average Bonchev–Trinajstić information content (AvgIpc) is 2.72. The third-order valence-electron chi connectivity index (χ3n) is 4.51. The number of anilines is 1. The summed E-state index contributed by atoms with van der Waals surface area (Å²) in [7, 11) is 0.747. The zero-order chi connectivity index (χ0) is 20.9. The average molecular weight is 407 g/mol. The first kappa shape index (κ1) is 21.6. The first-order chi connectivity index (χ1) is 13.2. The van der Waals surface area contributed by atoms with Crippen molar-refractivity contribution in [2.24, 2.45) is 0 Å². The first-order valence-electron chi connectivity index (χ1n) is 8.83. The van der Waals surface area contributed by atoms with Crippen LogP contribution in [0.4, 0.5) is 5.69 Å². The van der Waals surface area contributed by atoms with Crippen molar-refractivity contribution in [1.82, 2.24) is 5.32 Å². The minimum Gasteiger partial charge on any atom is -0.493 e. The van der Waals surface area contributed by atoms with E-state index in [9.17, 15) is 13.2 Å². The lowest BCUT2D eigenvalue weighted by Gasteiger charge is -2.24. The molecule has 2 aromatic rings. The molecule has 1 amide bonds. The quantitative estimate of drug-likeness (QED) is 0.728. The molecule has 1 N–H and O–H groups in total. The van der Waals surface area contributed by atoms with Gasteiger partial charge in [-0.05, 0) is 25.5 Å². The fraction of sp³-hybridized carbons (Fsp3) is 0.350. The summed E-state index contributed by atoms with van der Waals surface area (Å²) in [5.74, 6) is 0.166. The van der Waals surface area contributed by atoms with E-state index in [4.69, 9.17) is 9.47 Å². The van der Waals surface area contributed by atoms with E-state index in [2.05, 4.69) is 5.32 Å². The predicted octanol–water partition coefficient (Wildman–Crippen LogP) is 2.98. The minimum absolute atomic E-state index is 0.0979. The zero-order valence-corrected chi connectivity index (χ0v) is 17.5. The third-order valence-corrected chi connectivity index (χ3v) is 6.28. The van der Waals surface area contributed by atoms with Crippen LogP contribution in [0.5, 0.6) is 11.5 Å². The lowest BCUT2D eigenvalue weighted by Crippen LogP contribution is -2.32. The standard InChI is InChI=1S/C20H26N2O5S/c1-6-28(24,25)22(3)17-13-19(27-5)18(26-4)12-16(17)20(23)21-14(2)15-10-8-7-9-11-15/h7-14H,6H2,1-5H3,(H,21,23)/t14-/m0/s1. The molecule has 2 rings (SSSR count). The number of carbonyl (C=O) groups excluding carboxylic acids is 1. The molecule has 0 aliphatic rings. The zero-order valence-electron chi connectivity index (χ0n) is 16.7. The van der Waals surface area contributed by atoms with Crippen LogP contribution >= 0.6 is 0 Å². The van der Waals surface area contributed by atoms with Gasteiger partial charge in [0.1, 0.15) is 0 Å². The summed E-state index contributed by atoms with van der Waals surface area (Å²) >= 11 is 0. The van der Waals surface area contributed by atoms with Crippen LogP contribution in [0.3, 0.4) is 0 Å². The van der Waals surface area contributed by atoms with E-state index >= 15 is 0 Å². The number of nitrogens with one attached hydrogen (secondary N) is 1. The van der Waals surface area contributed by atoms with Crippen molar-refractivity contribution in [1.29, 1.82) is 0 Å². The summed E-state index contributed by atoms with van der Waals surface area (Å²) in [5.41, 5.74) is 1.34. The first-order valence-corrected chi connectivity index (χ1v) is 10.4. The Morgan fingerprint density at radius 3 is 2.21 bits per heavy atom. The van der Waals surface area contributed by atoms with Crippen LogP contribution in [-0.2, 0) is 10.0 Å². The number of hydrogen-bond acceptors (Lipinski definition) is 5. The maximum Gasteiger partial charge on any atom is 0.254 e. The van der Waals surface area contributed by atoms with Crippen molar-refractivity contribution < 1.29 is 22.7 Å². The second kappa shape index (κ2) is 8.97. The van der Waals surface area contributed by atoms with Crippen molar-refractivity contribution in [2.45, 2.75) is 19.9 Å².